The lowest BCUT2D eigenvalue weighted by molar-refractivity contribution is 0.168. The van der Waals surface area contributed by atoms with E-state index in [0.29, 0.717) is 6.61 Å². The molecule has 1 aliphatic heterocycles. The molecule has 0 fully saturated rings. The van der Waals surface area contributed by atoms with Crippen LogP contribution in [0.2, 0.25) is 0 Å². The highest BCUT2D eigenvalue weighted by Gasteiger charge is 2.20. The Balaban J connectivity index is 2.36. The average Bonchev–Trinajstić information content (AvgIpc) is 2.40. The van der Waals surface area contributed by atoms with Crippen molar-refractivity contribution >= 4 is 9.84 Å². The van der Waals surface area contributed by atoms with Gasteiger partial charge in [-0.15, -0.1) is 0 Å². The smallest absolute Gasteiger partial charge is 0.175 e. The monoisotopic (exact) mass is 282 g/mol. The van der Waals surface area contributed by atoms with E-state index >= 15 is 0 Å². The molecule has 0 saturated heterocycles. The quantitative estimate of drug-likeness (QED) is 0.642. The fourth-order valence-corrected chi connectivity index (χ4v) is 2.72. The molecule has 1 unspecified atom stereocenters. The molecule has 0 spiro atoms. The Morgan fingerprint density at radius 1 is 1.42 bits per heavy atom. The number of allylic oxidation sites excluding steroid dienone is 1. The normalized spacial score (nSPS) is 17.5. The predicted molar refractivity (Wildman–Crippen MR) is 72.9 cm³/mol. The highest BCUT2D eigenvalue weighted by molar-refractivity contribution is 7.90. The van der Waals surface area contributed by atoms with Gasteiger partial charge >= 0.3 is 0 Å². The van der Waals surface area contributed by atoms with E-state index in [1.54, 1.807) is 18.2 Å². The molecule has 0 saturated carbocycles. The van der Waals surface area contributed by atoms with Crippen LogP contribution in [0.3, 0.4) is 0 Å². The summed E-state index contributed by atoms with van der Waals surface area (Å²) in [5.41, 5.74) is 3.46. The summed E-state index contributed by atoms with van der Waals surface area (Å²) >= 11 is 0. The van der Waals surface area contributed by atoms with Gasteiger partial charge in [0, 0.05) is 6.26 Å². The molecule has 1 aromatic carbocycles. The third-order valence-electron chi connectivity index (χ3n) is 3.03. The number of hydrogen-bond acceptors (Lipinski definition) is 5. The molecule has 104 valence electrons. The van der Waals surface area contributed by atoms with E-state index in [-0.39, 0.29) is 10.9 Å². The van der Waals surface area contributed by atoms with Gasteiger partial charge < -0.3 is 4.74 Å². The van der Waals surface area contributed by atoms with Crippen molar-refractivity contribution in [3.05, 3.63) is 41.7 Å². The van der Waals surface area contributed by atoms with Crippen LogP contribution in [0, 0.1) is 0 Å². The number of ether oxygens (including phenoxy) is 1. The Hall–Kier alpha value is -1.37. The maximum atomic E-state index is 11.6. The molecule has 0 bridgehead atoms. The Bertz CT molecular complexity index is 581. The first-order valence-corrected chi connectivity index (χ1v) is 8.00. The number of hydrazine groups is 1. The van der Waals surface area contributed by atoms with Crippen molar-refractivity contribution in [1.29, 1.82) is 0 Å². The molecule has 0 aliphatic carbocycles. The van der Waals surface area contributed by atoms with Gasteiger partial charge in [0.1, 0.15) is 11.8 Å². The lowest BCUT2D eigenvalue weighted by Gasteiger charge is -2.23. The molecule has 1 aliphatic rings. The van der Waals surface area contributed by atoms with E-state index in [2.05, 4.69) is 5.43 Å². The Morgan fingerprint density at radius 3 is 2.79 bits per heavy atom. The van der Waals surface area contributed by atoms with Gasteiger partial charge in [-0.1, -0.05) is 12.1 Å². The van der Waals surface area contributed by atoms with E-state index in [4.69, 9.17) is 10.6 Å². The summed E-state index contributed by atoms with van der Waals surface area (Å²) in [6.07, 6.45) is 5.11. The zero-order valence-electron chi connectivity index (χ0n) is 10.8. The molecule has 1 aromatic rings. The largest absolute Gasteiger partial charge is 0.496 e. The maximum absolute atomic E-state index is 11.6. The van der Waals surface area contributed by atoms with E-state index < -0.39 is 9.84 Å². The SMILES string of the molecule is CS(=O)(=O)c1cccc(C(NN)C2=CCCCO2)c1. The van der Waals surface area contributed by atoms with E-state index in [1.165, 1.54) is 6.26 Å². The van der Waals surface area contributed by atoms with Crippen molar-refractivity contribution < 1.29 is 13.2 Å². The Labute approximate surface area is 113 Å². The molecule has 0 radical (unpaired) electrons. The van der Waals surface area contributed by atoms with Crippen LogP contribution in [-0.4, -0.2) is 21.3 Å². The van der Waals surface area contributed by atoms with Gasteiger partial charge in [-0.25, -0.2) is 13.8 Å². The predicted octanol–water partition coefficient (Wildman–Crippen LogP) is 1.29. The van der Waals surface area contributed by atoms with Gasteiger partial charge in [-0.2, -0.15) is 0 Å². The zero-order valence-corrected chi connectivity index (χ0v) is 11.6. The fourth-order valence-electron chi connectivity index (χ4n) is 2.05. The summed E-state index contributed by atoms with van der Waals surface area (Å²) in [5.74, 6) is 6.32. The van der Waals surface area contributed by atoms with E-state index in [1.807, 2.05) is 12.1 Å². The van der Waals surface area contributed by atoms with Crippen molar-refractivity contribution in [3.63, 3.8) is 0 Å². The van der Waals surface area contributed by atoms with Crippen LogP contribution in [0.5, 0.6) is 0 Å². The van der Waals surface area contributed by atoms with Crippen LogP contribution in [-0.2, 0) is 14.6 Å². The standard InChI is InChI=1S/C13H18N2O3S/c1-19(16,17)11-6-4-5-10(9-11)13(15-14)12-7-2-3-8-18-12/h4-7,9,13,15H,2-3,8,14H2,1H3. The van der Waals surface area contributed by atoms with E-state index in [9.17, 15) is 8.42 Å². The van der Waals surface area contributed by atoms with Crippen LogP contribution in [0.15, 0.2) is 41.0 Å². The van der Waals surface area contributed by atoms with Crippen molar-refractivity contribution in [2.45, 2.75) is 23.8 Å². The van der Waals surface area contributed by atoms with Gasteiger partial charge in [-0.3, -0.25) is 5.84 Å². The lowest BCUT2D eigenvalue weighted by Crippen LogP contribution is -2.31. The van der Waals surface area contributed by atoms with E-state index in [0.717, 1.165) is 24.2 Å². The number of nitrogens with one attached hydrogen (secondary N) is 1. The minimum Gasteiger partial charge on any atom is -0.496 e. The number of rotatable bonds is 4. The van der Waals surface area contributed by atoms with Crippen molar-refractivity contribution in [2.24, 2.45) is 5.84 Å². The van der Waals surface area contributed by atoms with Crippen LogP contribution < -0.4 is 11.3 Å². The highest BCUT2D eigenvalue weighted by Crippen LogP contribution is 2.26. The first-order valence-electron chi connectivity index (χ1n) is 6.11. The molecule has 2 rings (SSSR count). The number of nitrogens with two attached hydrogens (primary N) is 1. The highest BCUT2D eigenvalue weighted by atomic mass is 32.2. The van der Waals surface area contributed by atoms with Gasteiger partial charge in [-0.05, 0) is 36.6 Å². The summed E-state index contributed by atoms with van der Waals surface area (Å²) in [6, 6.07) is 6.42. The van der Waals surface area contributed by atoms with Crippen LogP contribution in [0.25, 0.3) is 0 Å². The van der Waals surface area contributed by atoms with Gasteiger partial charge in [0.2, 0.25) is 0 Å². The number of sulfone groups is 1. The second-order valence-corrected chi connectivity index (χ2v) is 6.56. The van der Waals surface area contributed by atoms with Crippen molar-refractivity contribution in [3.8, 4) is 0 Å². The molecule has 0 aromatic heterocycles. The topological polar surface area (TPSA) is 81.4 Å². The summed E-state index contributed by atoms with van der Waals surface area (Å²) < 4.78 is 28.7. The molecule has 19 heavy (non-hydrogen) atoms. The second kappa shape index (κ2) is 5.73. The Kier molecular flexibility index (Phi) is 4.24. The van der Waals surface area contributed by atoms with Crippen LogP contribution in [0.4, 0.5) is 0 Å². The number of hydrogen-bond donors (Lipinski definition) is 2. The third kappa shape index (κ3) is 3.34. The molecule has 1 atom stereocenters. The molecule has 0 amide bonds. The van der Waals surface area contributed by atoms with Crippen molar-refractivity contribution in [1.82, 2.24) is 5.43 Å². The summed E-state index contributed by atoms with van der Waals surface area (Å²) in [7, 11) is -3.23. The molecule has 1 heterocycles. The first-order chi connectivity index (χ1) is 9.02. The lowest BCUT2D eigenvalue weighted by atomic mass is 10.0. The van der Waals surface area contributed by atoms with Gasteiger partial charge in [0.15, 0.2) is 9.84 Å². The first kappa shape index (κ1) is 14.0. The summed E-state index contributed by atoms with van der Waals surface area (Å²) in [4.78, 5) is 0.279. The molecular formula is C13H18N2O3S. The van der Waals surface area contributed by atoms with Crippen molar-refractivity contribution in [2.75, 3.05) is 12.9 Å². The van der Waals surface area contributed by atoms with Gasteiger partial charge in [0.05, 0.1) is 11.5 Å². The third-order valence-corrected chi connectivity index (χ3v) is 4.14. The minimum atomic E-state index is -3.23. The summed E-state index contributed by atoms with van der Waals surface area (Å²) in [6.45, 7) is 0.662. The number of benzene rings is 1. The zero-order chi connectivity index (χ0) is 13.9. The molecular weight excluding hydrogens is 264 g/mol. The van der Waals surface area contributed by atoms with Crippen LogP contribution >= 0.6 is 0 Å². The maximum Gasteiger partial charge on any atom is 0.175 e. The van der Waals surface area contributed by atoms with Crippen LogP contribution in [0.1, 0.15) is 24.4 Å². The van der Waals surface area contributed by atoms with Gasteiger partial charge in [0.25, 0.3) is 0 Å². The molecule has 6 heteroatoms. The fraction of sp³-hybridized carbons (Fsp3) is 0.385. The summed E-state index contributed by atoms with van der Waals surface area (Å²) in [5, 5.41) is 0. The average molecular weight is 282 g/mol. The molecule has 3 N–H and O–H groups in total. The molecule has 5 nitrogen and oxygen atoms in total. The Morgan fingerprint density at radius 2 is 2.21 bits per heavy atom. The minimum absolute atomic E-state index is 0.279. The second-order valence-electron chi connectivity index (χ2n) is 4.54.